The molecule has 0 unspecified atom stereocenters. The van der Waals surface area contributed by atoms with Crippen LogP contribution >= 0.6 is 12.4 Å². The second-order valence-electron chi connectivity index (χ2n) is 4.11. The maximum Gasteiger partial charge on any atom is 0.262 e. The second-order valence-corrected chi connectivity index (χ2v) is 4.11. The van der Waals surface area contributed by atoms with Crippen molar-refractivity contribution in [2.45, 2.75) is 0 Å². The fourth-order valence-corrected chi connectivity index (χ4v) is 2.02. The Morgan fingerprint density at radius 2 is 1.84 bits per heavy atom. The third kappa shape index (κ3) is 2.06. The van der Waals surface area contributed by atoms with Crippen molar-refractivity contribution in [2.24, 2.45) is 5.73 Å². The lowest BCUT2D eigenvalue weighted by molar-refractivity contribution is 0.0837. The van der Waals surface area contributed by atoms with E-state index in [1.165, 1.54) is 6.07 Å². The molecule has 2 heterocycles. The van der Waals surface area contributed by atoms with E-state index in [-0.39, 0.29) is 18.3 Å². The van der Waals surface area contributed by atoms with Crippen LogP contribution in [-0.2, 0) is 0 Å². The molecule has 2 N–H and O–H groups in total. The van der Waals surface area contributed by atoms with Crippen molar-refractivity contribution in [3.8, 4) is 0 Å². The molecule has 0 saturated heterocycles. The molecule has 1 aromatic carbocycles. The molecule has 2 aliphatic heterocycles. The highest BCUT2D eigenvalue weighted by atomic mass is 35.5. The van der Waals surface area contributed by atoms with E-state index in [0.29, 0.717) is 11.1 Å². The standard InChI is InChI=1S/C14H10N2O2.ClH/c15-13(17)9-3-1-4-10(7-9)14(18)16-11-5-2-6-12(16)8-11;/h1-8H,(H2,15,17);1H. The smallest absolute Gasteiger partial charge is 0.262 e. The van der Waals surface area contributed by atoms with Gasteiger partial charge in [-0.1, -0.05) is 12.1 Å². The summed E-state index contributed by atoms with van der Waals surface area (Å²) in [4.78, 5) is 25.0. The Balaban J connectivity index is 0.00000133. The number of hydrogen-bond donors (Lipinski definition) is 1. The zero-order chi connectivity index (χ0) is 12.7. The van der Waals surface area contributed by atoms with Gasteiger partial charge >= 0.3 is 0 Å². The lowest BCUT2D eigenvalue weighted by atomic mass is 10.0. The summed E-state index contributed by atoms with van der Waals surface area (Å²) in [5.74, 6) is -0.682. The van der Waals surface area contributed by atoms with Crippen LogP contribution in [0.15, 0.2) is 60.0 Å². The zero-order valence-corrected chi connectivity index (χ0v) is 10.7. The van der Waals surface area contributed by atoms with Gasteiger partial charge in [-0.05, 0) is 36.4 Å². The molecule has 5 heteroatoms. The Morgan fingerprint density at radius 1 is 1.11 bits per heavy atom. The van der Waals surface area contributed by atoms with Crippen LogP contribution in [0.2, 0.25) is 0 Å². The summed E-state index contributed by atoms with van der Waals surface area (Å²) >= 11 is 0. The summed E-state index contributed by atoms with van der Waals surface area (Å²) in [6.07, 6.45) is 7.55. The minimum atomic E-state index is -0.535. The van der Waals surface area contributed by atoms with Gasteiger partial charge in [0.25, 0.3) is 5.91 Å². The molecule has 0 aliphatic carbocycles. The monoisotopic (exact) mass is 274 g/mol. The number of nitrogens with two attached hydrogens (primary N) is 1. The lowest BCUT2D eigenvalue weighted by Crippen LogP contribution is -2.36. The highest BCUT2D eigenvalue weighted by Crippen LogP contribution is 2.32. The number of amides is 2. The molecule has 2 aliphatic rings. The summed E-state index contributed by atoms with van der Waals surface area (Å²) in [5.41, 5.74) is 7.72. The molecule has 0 fully saturated rings. The highest BCUT2D eigenvalue weighted by Gasteiger charge is 2.30. The summed E-state index contributed by atoms with van der Waals surface area (Å²) in [5, 5.41) is 0. The van der Waals surface area contributed by atoms with Crippen molar-refractivity contribution in [3.05, 3.63) is 71.1 Å². The van der Waals surface area contributed by atoms with Gasteiger partial charge in [-0.15, -0.1) is 12.4 Å². The van der Waals surface area contributed by atoms with Crippen molar-refractivity contribution in [2.75, 3.05) is 0 Å². The first kappa shape index (κ1) is 13.1. The zero-order valence-electron chi connectivity index (χ0n) is 9.87. The van der Waals surface area contributed by atoms with Gasteiger partial charge in [-0.3, -0.25) is 14.5 Å². The van der Waals surface area contributed by atoms with Crippen molar-refractivity contribution in [1.82, 2.24) is 4.90 Å². The van der Waals surface area contributed by atoms with E-state index in [4.69, 9.17) is 5.73 Å². The Bertz CT molecular complexity index is 648. The Labute approximate surface area is 116 Å². The number of halogens is 1. The minimum Gasteiger partial charge on any atom is -0.366 e. The molecule has 3 rings (SSSR count). The number of carbonyl (C=O) groups is 2. The van der Waals surface area contributed by atoms with Crippen LogP contribution in [0.5, 0.6) is 0 Å². The Hall–Kier alpha value is -2.33. The molecule has 0 atom stereocenters. The van der Waals surface area contributed by atoms with Crippen LogP contribution in [0.3, 0.4) is 0 Å². The van der Waals surface area contributed by atoms with Gasteiger partial charge in [0.15, 0.2) is 0 Å². The predicted molar refractivity (Wildman–Crippen MR) is 73.7 cm³/mol. The molecule has 0 saturated carbocycles. The number of hydrogen-bond acceptors (Lipinski definition) is 2. The summed E-state index contributed by atoms with van der Waals surface area (Å²) in [6.45, 7) is 0. The van der Waals surface area contributed by atoms with Gasteiger partial charge in [0.2, 0.25) is 5.91 Å². The molecule has 2 amide bonds. The maximum atomic E-state index is 12.3. The first-order chi connectivity index (χ1) is 8.66. The normalized spacial score (nSPS) is 14.8. The number of nitrogens with zero attached hydrogens (tertiary/aromatic N) is 1. The predicted octanol–water partition coefficient (Wildman–Crippen LogP) is 2.00. The molecule has 1 aromatic rings. The van der Waals surface area contributed by atoms with Gasteiger partial charge in [0.05, 0.1) is 11.4 Å². The fourth-order valence-electron chi connectivity index (χ4n) is 2.02. The molecule has 4 nitrogen and oxygen atoms in total. The average Bonchev–Trinajstić information content (AvgIpc) is 2.39. The van der Waals surface area contributed by atoms with Crippen molar-refractivity contribution < 1.29 is 9.59 Å². The lowest BCUT2D eigenvalue weighted by Gasteiger charge is -2.34. The third-order valence-electron chi connectivity index (χ3n) is 2.94. The molecule has 0 aromatic heterocycles. The van der Waals surface area contributed by atoms with Crippen LogP contribution in [0.1, 0.15) is 20.7 Å². The van der Waals surface area contributed by atoms with Gasteiger partial charge < -0.3 is 5.73 Å². The first-order valence-corrected chi connectivity index (χ1v) is 5.51. The van der Waals surface area contributed by atoms with Gasteiger partial charge in [-0.2, -0.15) is 0 Å². The van der Waals surface area contributed by atoms with Crippen LogP contribution in [-0.4, -0.2) is 16.7 Å². The van der Waals surface area contributed by atoms with Crippen molar-refractivity contribution in [1.29, 1.82) is 0 Å². The van der Waals surface area contributed by atoms with E-state index >= 15 is 0 Å². The highest BCUT2D eigenvalue weighted by molar-refractivity contribution is 6.01. The molecular formula is C14H11ClN2O2. The molecule has 0 radical (unpaired) electrons. The fraction of sp³-hybridized carbons (Fsp3) is 0. The van der Waals surface area contributed by atoms with E-state index < -0.39 is 5.91 Å². The minimum absolute atomic E-state index is 0. The molecule has 19 heavy (non-hydrogen) atoms. The van der Waals surface area contributed by atoms with Crippen molar-refractivity contribution in [3.63, 3.8) is 0 Å². The molecule has 0 spiro atoms. The van der Waals surface area contributed by atoms with Crippen LogP contribution in [0.25, 0.3) is 0 Å². The van der Waals surface area contributed by atoms with E-state index in [1.54, 1.807) is 23.1 Å². The molecule has 96 valence electrons. The topological polar surface area (TPSA) is 63.4 Å². The van der Waals surface area contributed by atoms with E-state index in [2.05, 4.69) is 0 Å². The summed E-state index contributed by atoms with van der Waals surface area (Å²) in [7, 11) is 0. The van der Waals surface area contributed by atoms with Gasteiger partial charge in [-0.25, -0.2) is 0 Å². The van der Waals surface area contributed by atoms with Crippen molar-refractivity contribution >= 4 is 24.2 Å². The Kier molecular flexibility index (Phi) is 3.27. The van der Waals surface area contributed by atoms with Gasteiger partial charge in [0.1, 0.15) is 0 Å². The first-order valence-electron chi connectivity index (χ1n) is 5.51. The SMILES string of the molecule is Cl.NC(=O)c1cccc(C(=O)N2C3=CC=CC2=C3)c1. The van der Waals surface area contributed by atoms with E-state index in [0.717, 1.165) is 11.4 Å². The summed E-state index contributed by atoms with van der Waals surface area (Å²) in [6, 6.07) is 6.44. The maximum absolute atomic E-state index is 12.3. The quantitative estimate of drug-likeness (QED) is 0.896. The summed E-state index contributed by atoms with van der Waals surface area (Å²) < 4.78 is 0. The second kappa shape index (κ2) is 4.74. The van der Waals surface area contributed by atoms with Crippen LogP contribution in [0, 0.1) is 0 Å². The number of benzene rings is 1. The number of fused-ring (bicyclic) bond motifs is 2. The van der Waals surface area contributed by atoms with Crippen LogP contribution < -0.4 is 5.73 Å². The number of carbonyl (C=O) groups excluding carboxylic acids is 2. The molecular weight excluding hydrogens is 264 g/mol. The van der Waals surface area contributed by atoms with Crippen LogP contribution in [0.4, 0.5) is 0 Å². The Morgan fingerprint density at radius 3 is 2.42 bits per heavy atom. The van der Waals surface area contributed by atoms with E-state index in [1.807, 2.05) is 24.3 Å². The van der Waals surface area contributed by atoms with Gasteiger partial charge in [0, 0.05) is 11.1 Å². The third-order valence-corrected chi connectivity index (χ3v) is 2.94. The molecule has 2 bridgehead atoms. The number of allylic oxidation sites excluding steroid dienone is 4. The number of primary amides is 1. The number of rotatable bonds is 2. The van der Waals surface area contributed by atoms with E-state index in [9.17, 15) is 9.59 Å². The average molecular weight is 275 g/mol. The largest absolute Gasteiger partial charge is 0.366 e.